The molecule has 0 unspecified atom stereocenters. The van der Waals surface area contributed by atoms with E-state index in [1.807, 2.05) is 23.9 Å². The van der Waals surface area contributed by atoms with Gasteiger partial charge in [-0.15, -0.1) is 0 Å². The first-order valence-corrected chi connectivity index (χ1v) is 6.86. The van der Waals surface area contributed by atoms with E-state index in [2.05, 4.69) is 10.1 Å². The molecule has 1 aromatic rings. The predicted molar refractivity (Wildman–Crippen MR) is 73.5 cm³/mol. The molecule has 0 bridgehead atoms. The lowest BCUT2D eigenvalue weighted by Gasteiger charge is -2.30. The molecule has 1 saturated heterocycles. The first-order chi connectivity index (χ1) is 8.24. The molecule has 3 N–H and O–H groups in total. The van der Waals surface area contributed by atoms with E-state index >= 15 is 0 Å². The Hall–Kier alpha value is -1.07. The summed E-state index contributed by atoms with van der Waals surface area (Å²) in [6.07, 6.45) is 0. The molecule has 4 nitrogen and oxygen atoms in total. The van der Waals surface area contributed by atoms with Crippen molar-refractivity contribution in [1.29, 1.82) is 0 Å². The molecule has 0 saturated carbocycles. The standard InChI is InChI=1S/C11H14ClN3OS/c12-8-2-1-3-9(10(8)11(13)14-16)15-4-6-17-7-5-15/h1-3,16H,4-7H2,(H2,13,14). The van der Waals surface area contributed by atoms with Crippen LogP contribution in [0.1, 0.15) is 5.56 Å². The van der Waals surface area contributed by atoms with Crippen molar-refractivity contribution < 1.29 is 5.21 Å². The van der Waals surface area contributed by atoms with Crippen molar-refractivity contribution in [2.75, 3.05) is 29.5 Å². The van der Waals surface area contributed by atoms with Crippen LogP contribution >= 0.6 is 23.4 Å². The maximum Gasteiger partial charge on any atom is 0.173 e. The molecule has 1 fully saturated rings. The number of thioether (sulfide) groups is 1. The number of anilines is 1. The molecule has 0 spiro atoms. The SMILES string of the molecule is NC(=NO)c1c(Cl)cccc1N1CCSCC1. The average Bonchev–Trinajstić information content (AvgIpc) is 2.38. The Morgan fingerprint density at radius 3 is 2.76 bits per heavy atom. The second kappa shape index (κ2) is 5.51. The summed E-state index contributed by atoms with van der Waals surface area (Å²) in [5.41, 5.74) is 7.24. The van der Waals surface area contributed by atoms with Crippen LogP contribution in [0, 0.1) is 0 Å². The fraction of sp³-hybridized carbons (Fsp3) is 0.364. The monoisotopic (exact) mass is 271 g/mol. The number of amidine groups is 1. The Morgan fingerprint density at radius 1 is 1.41 bits per heavy atom. The van der Waals surface area contributed by atoms with E-state index in [4.69, 9.17) is 22.5 Å². The minimum absolute atomic E-state index is 0.0591. The minimum atomic E-state index is 0.0591. The Kier molecular flexibility index (Phi) is 4.02. The number of rotatable bonds is 2. The van der Waals surface area contributed by atoms with Crippen LogP contribution in [0.4, 0.5) is 5.69 Å². The Bertz CT molecular complexity index is 433. The molecule has 2 rings (SSSR count). The average molecular weight is 272 g/mol. The molecule has 1 aliphatic rings. The van der Waals surface area contributed by atoms with E-state index in [1.165, 1.54) is 0 Å². The first-order valence-electron chi connectivity index (χ1n) is 5.33. The summed E-state index contributed by atoms with van der Waals surface area (Å²) in [6, 6.07) is 5.58. The van der Waals surface area contributed by atoms with Gasteiger partial charge in [-0.05, 0) is 12.1 Å². The summed E-state index contributed by atoms with van der Waals surface area (Å²) < 4.78 is 0. The third kappa shape index (κ3) is 2.61. The van der Waals surface area contributed by atoms with Gasteiger partial charge in [-0.3, -0.25) is 0 Å². The summed E-state index contributed by atoms with van der Waals surface area (Å²) in [5, 5.41) is 12.4. The number of oxime groups is 1. The topological polar surface area (TPSA) is 61.9 Å². The summed E-state index contributed by atoms with van der Waals surface area (Å²) >= 11 is 8.05. The molecule has 0 radical (unpaired) electrons. The lowest BCUT2D eigenvalue weighted by molar-refractivity contribution is 0.318. The molecule has 0 amide bonds. The van der Waals surface area contributed by atoms with Crippen LogP contribution in [0.3, 0.4) is 0 Å². The van der Waals surface area contributed by atoms with Gasteiger partial charge in [0.05, 0.1) is 10.6 Å². The van der Waals surface area contributed by atoms with Crippen LogP contribution in [-0.4, -0.2) is 35.6 Å². The highest BCUT2D eigenvalue weighted by Crippen LogP contribution is 2.29. The van der Waals surface area contributed by atoms with E-state index in [-0.39, 0.29) is 5.84 Å². The molecule has 0 aliphatic carbocycles. The number of nitrogens with two attached hydrogens (primary N) is 1. The molecule has 0 aromatic heterocycles. The van der Waals surface area contributed by atoms with Crippen LogP contribution in [-0.2, 0) is 0 Å². The third-order valence-electron chi connectivity index (χ3n) is 2.71. The van der Waals surface area contributed by atoms with Crippen LogP contribution in [0.25, 0.3) is 0 Å². The second-order valence-electron chi connectivity index (χ2n) is 3.72. The van der Waals surface area contributed by atoms with Crippen LogP contribution in [0.2, 0.25) is 5.02 Å². The number of hydrogen-bond donors (Lipinski definition) is 2. The number of benzene rings is 1. The Morgan fingerprint density at radius 2 is 2.12 bits per heavy atom. The first kappa shape index (κ1) is 12.4. The van der Waals surface area contributed by atoms with E-state index in [1.54, 1.807) is 6.07 Å². The summed E-state index contributed by atoms with van der Waals surface area (Å²) in [6.45, 7) is 1.91. The van der Waals surface area contributed by atoms with E-state index in [0.717, 1.165) is 30.3 Å². The van der Waals surface area contributed by atoms with Gasteiger partial charge >= 0.3 is 0 Å². The predicted octanol–water partition coefficient (Wildman–Crippen LogP) is 1.99. The molecule has 92 valence electrons. The number of halogens is 1. The summed E-state index contributed by atoms with van der Waals surface area (Å²) in [5.74, 6) is 2.23. The number of hydrogen-bond acceptors (Lipinski definition) is 4. The summed E-state index contributed by atoms with van der Waals surface area (Å²) in [7, 11) is 0. The van der Waals surface area contributed by atoms with Crippen LogP contribution in [0.5, 0.6) is 0 Å². The second-order valence-corrected chi connectivity index (χ2v) is 5.35. The maximum absolute atomic E-state index is 8.82. The maximum atomic E-state index is 8.82. The van der Waals surface area contributed by atoms with Gasteiger partial charge in [-0.1, -0.05) is 22.8 Å². The van der Waals surface area contributed by atoms with Crippen molar-refractivity contribution in [1.82, 2.24) is 0 Å². The van der Waals surface area contributed by atoms with Crippen molar-refractivity contribution >= 4 is 34.9 Å². The minimum Gasteiger partial charge on any atom is -0.409 e. The lowest BCUT2D eigenvalue weighted by Crippen LogP contribution is -2.34. The van der Waals surface area contributed by atoms with Gasteiger partial charge in [0.25, 0.3) is 0 Å². The van der Waals surface area contributed by atoms with E-state index < -0.39 is 0 Å². The number of nitrogens with zero attached hydrogens (tertiary/aromatic N) is 2. The van der Waals surface area contributed by atoms with Crippen molar-refractivity contribution in [2.24, 2.45) is 10.9 Å². The Labute approximate surface area is 109 Å². The van der Waals surface area contributed by atoms with E-state index in [0.29, 0.717) is 10.6 Å². The fourth-order valence-corrected chi connectivity index (χ4v) is 3.05. The highest BCUT2D eigenvalue weighted by molar-refractivity contribution is 7.99. The molecule has 1 aliphatic heterocycles. The zero-order chi connectivity index (χ0) is 12.3. The third-order valence-corrected chi connectivity index (χ3v) is 3.96. The molecule has 0 atom stereocenters. The Balaban J connectivity index is 2.41. The molecule has 17 heavy (non-hydrogen) atoms. The van der Waals surface area contributed by atoms with Gasteiger partial charge in [-0.25, -0.2) is 0 Å². The highest BCUT2D eigenvalue weighted by Gasteiger charge is 2.18. The van der Waals surface area contributed by atoms with Gasteiger partial charge in [0.15, 0.2) is 5.84 Å². The normalized spacial score (nSPS) is 17.2. The molecule has 1 heterocycles. The molecule has 1 aromatic carbocycles. The summed E-state index contributed by atoms with van der Waals surface area (Å²) in [4.78, 5) is 2.22. The lowest BCUT2D eigenvalue weighted by atomic mass is 10.1. The zero-order valence-corrected chi connectivity index (χ0v) is 10.8. The van der Waals surface area contributed by atoms with Gasteiger partial charge in [0, 0.05) is 30.3 Å². The fourth-order valence-electron chi connectivity index (χ4n) is 1.88. The van der Waals surface area contributed by atoms with Gasteiger partial charge in [-0.2, -0.15) is 11.8 Å². The smallest absolute Gasteiger partial charge is 0.173 e. The van der Waals surface area contributed by atoms with Gasteiger partial charge in [0.2, 0.25) is 0 Å². The van der Waals surface area contributed by atoms with Crippen molar-refractivity contribution in [3.8, 4) is 0 Å². The highest BCUT2D eigenvalue weighted by atomic mass is 35.5. The molecular formula is C11H14ClN3OS. The van der Waals surface area contributed by atoms with Crippen molar-refractivity contribution in [3.63, 3.8) is 0 Å². The largest absolute Gasteiger partial charge is 0.409 e. The van der Waals surface area contributed by atoms with Crippen LogP contribution in [0.15, 0.2) is 23.4 Å². The zero-order valence-electron chi connectivity index (χ0n) is 9.27. The van der Waals surface area contributed by atoms with E-state index in [9.17, 15) is 0 Å². The quantitative estimate of drug-likeness (QED) is 0.374. The van der Waals surface area contributed by atoms with Gasteiger partial charge < -0.3 is 15.8 Å². The molecular weight excluding hydrogens is 258 g/mol. The van der Waals surface area contributed by atoms with Crippen molar-refractivity contribution in [3.05, 3.63) is 28.8 Å². The molecule has 6 heteroatoms. The van der Waals surface area contributed by atoms with Gasteiger partial charge in [0.1, 0.15) is 0 Å². The van der Waals surface area contributed by atoms with Crippen LogP contribution < -0.4 is 10.6 Å². The van der Waals surface area contributed by atoms with Crippen molar-refractivity contribution in [2.45, 2.75) is 0 Å².